The summed E-state index contributed by atoms with van der Waals surface area (Å²) in [5.74, 6) is 0.604. The smallest absolute Gasteiger partial charge is 0.276 e. The zero-order valence-electron chi connectivity index (χ0n) is 10.9. The minimum absolute atomic E-state index is 0. The third kappa shape index (κ3) is 2.42. The standard InChI is InChI=1S/C13H11N5O2.ClH/c14-3-4-18-9(10-2-1-5-20-10)6-8-12(18)13(19)17-11(7-15)16-8;/h1-2,5-6H,3-4,14H2,(H,16,17,19);1H. The number of rotatable bonds is 3. The molecule has 108 valence electrons. The van der Waals surface area contributed by atoms with Crippen molar-refractivity contribution >= 4 is 23.4 Å². The van der Waals surface area contributed by atoms with Crippen LogP contribution in [-0.2, 0) is 6.54 Å². The highest BCUT2D eigenvalue weighted by molar-refractivity contribution is 5.85. The van der Waals surface area contributed by atoms with E-state index in [-0.39, 0.29) is 23.8 Å². The summed E-state index contributed by atoms with van der Waals surface area (Å²) in [6.45, 7) is 0.827. The van der Waals surface area contributed by atoms with Crippen LogP contribution in [0.3, 0.4) is 0 Å². The van der Waals surface area contributed by atoms with Gasteiger partial charge in [0, 0.05) is 13.1 Å². The number of hydrogen-bond donors (Lipinski definition) is 2. The molecule has 0 radical (unpaired) electrons. The van der Waals surface area contributed by atoms with E-state index < -0.39 is 0 Å². The van der Waals surface area contributed by atoms with Crippen molar-refractivity contribution in [1.82, 2.24) is 14.5 Å². The summed E-state index contributed by atoms with van der Waals surface area (Å²) in [5, 5.41) is 8.86. The molecular formula is C13H12ClN5O2. The second-order valence-electron chi connectivity index (χ2n) is 4.21. The Hall–Kier alpha value is -2.56. The summed E-state index contributed by atoms with van der Waals surface area (Å²) in [6.07, 6.45) is 1.55. The fraction of sp³-hybridized carbons (Fsp3) is 0.154. The number of aromatic nitrogens is 3. The van der Waals surface area contributed by atoms with Gasteiger partial charge >= 0.3 is 0 Å². The molecule has 0 saturated carbocycles. The van der Waals surface area contributed by atoms with Gasteiger partial charge in [-0.1, -0.05) is 0 Å². The van der Waals surface area contributed by atoms with Gasteiger partial charge in [-0.2, -0.15) is 5.26 Å². The van der Waals surface area contributed by atoms with Gasteiger partial charge in [-0.3, -0.25) is 9.78 Å². The van der Waals surface area contributed by atoms with Crippen LogP contribution in [0.25, 0.3) is 22.5 Å². The number of hydrogen-bond acceptors (Lipinski definition) is 5. The molecule has 3 rings (SSSR count). The van der Waals surface area contributed by atoms with Crippen LogP contribution in [-0.4, -0.2) is 21.1 Å². The minimum Gasteiger partial charge on any atom is -0.463 e. The van der Waals surface area contributed by atoms with E-state index in [1.54, 1.807) is 29.0 Å². The van der Waals surface area contributed by atoms with E-state index in [2.05, 4.69) is 9.97 Å². The molecule has 0 aliphatic carbocycles. The van der Waals surface area contributed by atoms with E-state index in [1.165, 1.54) is 0 Å². The summed E-state index contributed by atoms with van der Waals surface area (Å²) >= 11 is 0. The molecule has 0 fully saturated rings. The minimum atomic E-state index is -0.363. The molecule has 3 aromatic rings. The summed E-state index contributed by atoms with van der Waals surface area (Å²) in [7, 11) is 0. The molecule has 7 nitrogen and oxygen atoms in total. The van der Waals surface area contributed by atoms with Gasteiger partial charge in [0.25, 0.3) is 5.56 Å². The van der Waals surface area contributed by atoms with Crippen LogP contribution in [0.15, 0.2) is 33.7 Å². The molecule has 0 bridgehead atoms. The average Bonchev–Trinajstić information content (AvgIpc) is 3.06. The van der Waals surface area contributed by atoms with Crippen molar-refractivity contribution in [2.24, 2.45) is 5.73 Å². The Morgan fingerprint density at radius 2 is 2.33 bits per heavy atom. The zero-order chi connectivity index (χ0) is 14.1. The van der Waals surface area contributed by atoms with Crippen LogP contribution in [0.2, 0.25) is 0 Å². The number of furan rings is 1. The maximum Gasteiger partial charge on any atom is 0.276 e. The molecule has 3 heterocycles. The lowest BCUT2D eigenvalue weighted by Gasteiger charge is -2.06. The third-order valence-corrected chi connectivity index (χ3v) is 2.99. The predicted octanol–water partition coefficient (Wildman–Crippen LogP) is 1.24. The largest absolute Gasteiger partial charge is 0.463 e. The molecule has 0 atom stereocenters. The van der Waals surface area contributed by atoms with Crippen LogP contribution in [0, 0.1) is 11.3 Å². The van der Waals surface area contributed by atoms with E-state index in [0.717, 1.165) is 0 Å². The van der Waals surface area contributed by atoms with Crippen LogP contribution in [0.4, 0.5) is 0 Å². The van der Waals surface area contributed by atoms with Crippen molar-refractivity contribution < 1.29 is 4.42 Å². The molecule has 0 amide bonds. The van der Waals surface area contributed by atoms with Crippen LogP contribution in [0.1, 0.15) is 5.82 Å². The van der Waals surface area contributed by atoms with Gasteiger partial charge in [0.05, 0.1) is 17.5 Å². The Morgan fingerprint density at radius 1 is 1.52 bits per heavy atom. The van der Waals surface area contributed by atoms with Gasteiger partial charge in [-0.25, -0.2) is 4.98 Å². The van der Waals surface area contributed by atoms with Crippen LogP contribution < -0.4 is 11.3 Å². The summed E-state index contributed by atoms with van der Waals surface area (Å²) in [5.41, 5.74) is 6.79. The lowest BCUT2D eigenvalue weighted by molar-refractivity contribution is 0.573. The molecule has 21 heavy (non-hydrogen) atoms. The zero-order valence-corrected chi connectivity index (χ0v) is 11.7. The summed E-state index contributed by atoms with van der Waals surface area (Å²) < 4.78 is 7.12. The lowest BCUT2D eigenvalue weighted by atomic mass is 10.3. The van der Waals surface area contributed by atoms with E-state index in [1.807, 2.05) is 6.07 Å². The van der Waals surface area contributed by atoms with Crippen molar-refractivity contribution in [2.45, 2.75) is 6.54 Å². The van der Waals surface area contributed by atoms with Crippen molar-refractivity contribution in [3.63, 3.8) is 0 Å². The Labute approximate surface area is 125 Å². The lowest BCUT2D eigenvalue weighted by Crippen LogP contribution is -2.17. The SMILES string of the molecule is Cl.N#Cc1nc2cc(-c3ccco3)n(CCN)c2c(=O)[nH]1. The molecule has 0 saturated heterocycles. The molecule has 8 heteroatoms. The molecule has 0 unspecified atom stereocenters. The maximum absolute atomic E-state index is 12.1. The van der Waals surface area contributed by atoms with E-state index in [4.69, 9.17) is 15.4 Å². The average molecular weight is 306 g/mol. The van der Waals surface area contributed by atoms with Crippen molar-refractivity contribution in [1.29, 1.82) is 5.26 Å². The topological polar surface area (TPSA) is 114 Å². The fourth-order valence-corrected chi connectivity index (χ4v) is 2.22. The molecule has 0 aliphatic rings. The van der Waals surface area contributed by atoms with Crippen molar-refractivity contribution in [3.8, 4) is 17.5 Å². The number of H-pyrrole nitrogens is 1. The first kappa shape index (κ1) is 14.8. The predicted molar refractivity (Wildman–Crippen MR) is 79.1 cm³/mol. The quantitative estimate of drug-likeness (QED) is 0.755. The highest BCUT2D eigenvalue weighted by atomic mass is 35.5. The molecule has 3 N–H and O–H groups in total. The first-order valence-corrected chi connectivity index (χ1v) is 6.02. The number of nitrogens with two attached hydrogens (primary N) is 1. The Balaban J connectivity index is 0.00000161. The number of nitrogens with zero attached hydrogens (tertiary/aromatic N) is 3. The number of nitriles is 1. The number of fused-ring (bicyclic) bond motifs is 1. The normalized spacial score (nSPS) is 10.3. The Kier molecular flexibility index (Phi) is 4.12. The summed E-state index contributed by atoms with van der Waals surface area (Å²) in [6, 6.07) is 7.11. The number of nitrogens with one attached hydrogen (secondary N) is 1. The van der Waals surface area contributed by atoms with E-state index >= 15 is 0 Å². The molecular weight excluding hydrogens is 294 g/mol. The molecule has 0 aromatic carbocycles. The highest BCUT2D eigenvalue weighted by Gasteiger charge is 2.16. The first-order valence-electron chi connectivity index (χ1n) is 6.02. The van der Waals surface area contributed by atoms with Gasteiger partial charge in [0.15, 0.2) is 0 Å². The monoisotopic (exact) mass is 305 g/mol. The molecule has 0 spiro atoms. The summed E-state index contributed by atoms with van der Waals surface area (Å²) in [4.78, 5) is 18.6. The Bertz CT molecular complexity index is 857. The van der Waals surface area contributed by atoms with Gasteiger partial charge < -0.3 is 14.7 Å². The van der Waals surface area contributed by atoms with Crippen LogP contribution >= 0.6 is 12.4 Å². The van der Waals surface area contributed by atoms with Crippen LogP contribution in [0.5, 0.6) is 0 Å². The number of halogens is 1. The van der Waals surface area contributed by atoms with Gasteiger partial charge in [0.1, 0.15) is 17.3 Å². The second kappa shape index (κ2) is 5.83. The molecule has 0 aliphatic heterocycles. The first-order chi connectivity index (χ1) is 9.74. The maximum atomic E-state index is 12.1. The number of aromatic amines is 1. The Morgan fingerprint density at radius 3 is 2.95 bits per heavy atom. The van der Waals surface area contributed by atoms with Gasteiger partial charge in [0.2, 0.25) is 5.82 Å². The third-order valence-electron chi connectivity index (χ3n) is 2.99. The fourth-order valence-electron chi connectivity index (χ4n) is 2.22. The highest BCUT2D eigenvalue weighted by Crippen LogP contribution is 2.25. The van der Waals surface area contributed by atoms with E-state index in [9.17, 15) is 4.79 Å². The molecule has 3 aromatic heterocycles. The van der Waals surface area contributed by atoms with E-state index in [0.29, 0.717) is 35.6 Å². The van der Waals surface area contributed by atoms with Gasteiger partial charge in [-0.15, -0.1) is 12.4 Å². The second-order valence-corrected chi connectivity index (χ2v) is 4.21. The van der Waals surface area contributed by atoms with Crippen molar-refractivity contribution in [2.75, 3.05) is 6.54 Å². The van der Waals surface area contributed by atoms with Crippen molar-refractivity contribution in [3.05, 3.63) is 40.6 Å². The van der Waals surface area contributed by atoms with Gasteiger partial charge in [-0.05, 0) is 18.2 Å².